The molecule has 5 rings (SSSR count). The van der Waals surface area contributed by atoms with Crippen molar-refractivity contribution < 1.29 is 9.53 Å². The van der Waals surface area contributed by atoms with Crippen LogP contribution in [0.15, 0.2) is 85.1 Å². The van der Waals surface area contributed by atoms with Crippen molar-refractivity contribution in [3.63, 3.8) is 0 Å². The Bertz CT molecular complexity index is 1340. The minimum absolute atomic E-state index is 0.204. The van der Waals surface area contributed by atoms with E-state index in [1.807, 2.05) is 30.3 Å². The Morgan fingerprint density at radius 2 is 1.65 bits per heavy atom. The lowest BCUT2D eigenvalue weighted by Crippen LogP contribution is -2.35. The molecule has 0 atom stereocenters. The topological polar surface area (TPSA) is 105 Å². The van der Waals surface area contributed by atoms with Crippen molar-refractivity contribution in [3.8, 4) is 11.3 Å². The maximum absolute atomic E-state index is 12.5. The fourth-order valence-electron chi connectivity index (χ4n) is 4.16. The lowest BCUT2D eigenvalue weighted by molar-refractivity contribution is 0.0342. The number of hydrogen-bond acceptors (Lipinski definition) is 7. The van der Waals surface area contributed by atoms with E-state index in [0.29, 0.717) is 29.4 Å². The fourth-order valence-corrected chi connectivity index (χ4v) is 4.16. The standard InChI is InChI=1S/C29H30N6O2/c30-25-3-1-2-4-27(25)33-28(36)24-11-5-21(6-12-24)19-32-29-31-14-13-26(34-29)23-9-7-22(8-10-23)20-35-15-17-37-18-16-35/h1-14H,15-20,30H2,(H,33,36)(H,31,32,34). The molecule has 188 valence electrons. The van der Waals surface area contributed by atoms with Crippen LogP contribution in [-0.4, -0.2) is 47.1 Å². The van der Waals surface area contributed by atoms with Crippen LogP contribution in [0.1, 0.15) is 21.5 Å². The number of morpholine rings is 1. The molecule has 1 saturated heterocycles. The number of ether oxygens (including phenoxy) is 1. The molecule has 0 aliphatic carbocycles. The number of para-hydroxylation sites is 2. The van der Waals surface area contributed by atoms with Crippen molar-refractivity contribution in [3.05, 3.63) is 102 Å². The number of benzene rings is 3. The molecule has 1 aliphatic rings. The summed E-state index contributed by atoms with van der Waals surface area (Å²) >= 11 is 0. The summed E-state index contributed by atoms with van der Waals surface area (Å²) in [4.78, 5) is 24.0. The van der Waals surface area contributed by atoms with Crippen molar-refractivity contribution in [1.82, 2.24) is 14.9 Å². The monoisotopic (exact) mass is 494 g/mol. The second-order valence-corrected chi connectivity index (χ2v) is 8.94. The van der Waals surface area contributed by atoms with Gasteiger partial charge in [0.05, 0.1) is 30.3 Å². The number of nitrogens with one attached hydrogen (secondary N) is 2. The normalized spacial score (nSPS) is 13.7. The number of rotatable bonds is 8. The Hall–Kier alpha value is -4.27. The summed E-state index contributed by atoms with van der Waals surface area (Å²) < 4.78 is 5.43. The van der Waals surface area contributed by atoms with Gasteiger partial charge in [-0.2, -0.15) is 0 Å². The van der Waals surface area contributed by atoms with Crippen LogP contribution in [0, 0.1) is 0 Å². The van der Waals surface area contributed by atoms with Crippen LogP contribution in [-0.2, 0) is 17.8 Å². The van der Waals surface area contributed by atoms with Gasteiger partial charge in [-0.15, -0.1) is 0 Å². The SMILES string of the molecule is Nc1ccccc1NC(=O)c1ccc(CNc2nccc(-c3ccc(CN4CCOCC4)cc3)n2)cc1. The van der Waals surface area contributed by atoms with Gasteiger partial charge >= 0.3 is 0 Å². The molecule has 0 radical (unpaired) electrons. The molecule has 1 amide bonds. The number of carbonyl (C=O) groups excluding carboxylic acids is 1. The number of carbonyl (C=O) groups is 1. The summed E-state index contributed by atoms with van der Waals surface area (Å²) in [6, 6.07) is 25.0. The predicted molar refractivity (Wildman–Crippen MR) is 146 cm³/mol. The highest BCUT2D eigenvalue weighted by atomic mass is 16.5. The van der Waals surface area contributed by atoms with Crippen LogP contribution in [0.3, 0.4) is 0 Å². The van der Waals surface area contributed by atoms with Crippen molar-refractivity contribution in [2.24, 2.45) is 0 Å². The van der Waals surface area contributed by atoms with E-state index in [1.54, 1.807) is 30.5 Å². The average Bonchev–Trinajstić information content (AvgIpc) is 2.94. The molecule has 4 aromatic rings. The summed E-state index contributed by atoms with van der Waals surface area (Å²) in [6.45, 7) is 5.02. The average molecular weight is 495 g/mol. The van der Waals surface area contributed by atoms with Crippen LogP contribution in [0.25, 0.3) is 11.3 Å². The van der Waals surface area contributed by atoms with Gasteiger partial charge in [-0.25, -0.2) is 9.97 Å². The zero-order valence-corrected chi connectivity index (χ0v) is 20.6. The first-order valence-corrected chi connectivity index (χ1v) is 12.4. The highest BCUT2D eigenvalue weighted by Crippen LogP contribution is 2.20. The van der Waals surface area contributed by atoms with Gasteiger partial charge in [-0.1, -0.05) is 48.5 Å². The third kappa shape index (κ3) is 6.49. The molecule has 0 spiro atoms. The molecule has 1 fully saturated rings. The number of anilines is 3. The van der Waals surface area contributed by atoms with Gasteiger partial charge in [0.2, 0.25) is 5.95 Å². The van der Waals surface area contributed by atoms with E-state index in [4.69, 9.17) is 10.5 Å². The van der Waals surface area contributed by atoms with E-state index in [1.165, 1.54) is 5.56 Å². The molecule has 8 nitrogen and oxygen atoms in total. The van der Waals surface area contributed by atoms with Crippen LogP contribution >= 0.6 is 0 Å². The van der Waals surface area contributed by atoms with E-state index in [9.17, 15) is 4.79 Å². The zero-order chi connectivity index (χ0) is 25.5. The Balaban J connectivity index is 1.17. The lowest BCUT2D eigenvalue weighted by atomic mass is 10.1. The number of amides is 1. The third-order valence-electron chi connectivity index (χ3n) is 6.29. The van der Waals surface area contributed by atoms with Crippen LogP contribution < -0.4 is 16.4 Å². The van der Waals surface area contributed by atoms with Gasteiger partial charge in [0.1, 0.15) is 0 Å². The Kier molecular flexibility index (Phi) is 7.69. The predicted octanol–water partition coefficient (Wildman–Crippen LogP) is 4.42. The first-order valence-electron chi connectivity index (χ1n) is 12.4. The fraction of sp³-hybridized carbons (Fsp3) is 0.207. The maximum atomic E-state index is 12.5. The molecule has 0 bridgehead atoms. The van der Waals surface area contributed by atoms with Gasteiger partial charge in [-0.05, 0) is 41.5 Å². The molecule has 2 heterocycles. The van der Waals surface area contributed by atoms with Gasteiger partial charge < -0.3 is 21.1 Å². The molecular weight excluding hydrogens is 464 g/mol. The molecular formula is C29H30N6O2. The van der Waals surface area contributed by atoms with Crippen LogP contribution in [0.2, 0.25) is 0 Å². The molecule has 0 unspecified atom stereocenters. The largest absolute Gasteiger partial charge is 0.397 e. The minimum Gasteiger partial charge on any atom is -0.397 e. The van der Waals surface area contributed by atoms with Crippen molar-refractivity contribution in [1.29, 1.82) is 0 Å². The number of nitrogen functional groups attached to an aromatic ring is 1. The van der Waals surface area contributed by atoms with E-state index >= 15 is 0 Å². The van der Waals surface area contributed by atoms with Crippen LogP contribution in [0.4, 0.5) is 17.3 Å². The summed E-state index contributed by atoms with van der Waals surface area (Å²) in [5, 5.41) is 6.12. The van der Waals surface area contributed by atoms with E-state index in [-0.39, 0.29) is 5.91 Å². The highest BCUT2D eigenvalue weighted by Gasteiger charge is 2.11. The van der Waals surface area contributed by atoms with Gasteiger partial charge in [0.15, 0.2) is 0 Å². The zero-order valence-electron chi connectivity index (χ0n) is 20.6. The quantitative estimate of drug-likeness (QED) is 0.311. The summed E-state index contributed by atoms with van der Waals surface area (Å²) in [5.41, 5.74) is 11.8. The molecule has 37 heavy (non-hydrogen) atoms. The number of hydrogen-bond donors (Lipinski definition) is 3. The first-order chi connectivity index (χ1) is 18.1. The minimum atomic E-state index is -0.204. The van der Waals surface area contributed by atoms with Crippen molar-refractivity contribution in [2.45, 2.75) is 13.1 Å². The number of aromatic nitrogens is 2. The van der Waals surface area contributed by atoms with E-state index in [2.05, 4.69) is 49.8 Å². The summed E-state index contributed by atoms with van der Waals surface area (Å²) in [7, 11) is 0. The Morgan fingerprint density at radius 3 is 2.41 bits per heavy atom. The van der Waals surface area contributed by atoms with Crippen molar-refractivity contribution in [2.75, 3.05) is 42.7 Å². The Morgan fingerprint density at radius 1 is 0.919 bits per heavy atom. The molecule has 4 N–H and O–H groups in total. The third-order valence-corrected chi connectivity index (χ3v) is 6.29. The lowest BCUT2D eigenvalue weighted by Gasteiger charge is -2.26. The number of nitrogens with two attached hydrogens (primary N) is 1. The highest BCUT2D eigenvalue weighted by molar-refractivity contribution is 6.05. The number of nitrogens with zero attached hydrogens (tertiary/aromatic N) is 3. The second-order valence-electron chi connectivity index (χ2n) is 8.94. The Labute approximate surface area is 216 Å². The molecule has 8 heteroatoms. The van der Waals surface area contributed by atoms with Gasteiger partial charge in [0, 0.05) is 43.5 Å². The maximum Gasteiger partial charge on any atom is 0.255 e. The first kappa shape index (κ1) is 24.4. The van der Waals surface area contributed by atoms with E-state index in [0.717, 1.165) is 49.7 Å². The molecule has 1 aliphatic heterocycles. The molecule has 0 saturated carbocycles. The van der Waals surface area contributed by atoms with Gasteiger partial charge in [-0.3, -0.25) is 9.69 Å². The van der Waals surface area contributed by atoms with Crippen LogP contribution in [0.5, 0.6) is 0 Å². The molecule has 1 aromatic heterocycles. The van der Waals surface area contributed by atoms with E-state index < -0.39 is 0 Å². The smallest absolute Gasteiger partial charge is 0.255 e. The second kappa shape index (κ2) is 11.6. The van der Waals surface area contributed by atoms with Crippen molar-refractivity contribution >= 4 is 23.2 Å². The summed E-state index contributed by atoms with van der Waals surface area (Å²) in [5.74, 6) is 0.348. The van der Waals surface area contributed by atoms with Gasteiger partial charge in [0.25, 0.3) is 5.91 Å². The molecule has 3 aromatic carbocycles. The summed E-state index contributed by atoms with van der Waals surface area (Å²) in [6.07, 6.45) is 1.76.